The van der Waals surface area contributed by atoms with Gasteiger partial charge in [-0.3, -0.25) is 0 Å². The summed E-state index contributed by atoms with van der Waals surface area (Å²) in [6, 6.07) is 2.51. The van der Waals surface area contributed by atoms with Crippen LogP contribution in [0.15, 0.2) is 17.0 Å². The monoisotopic (exact) mass is 336 g/mol. The second-order valence-corrected chi connectivity index (χ2v) is 7.14. The Labute approximate surface area is 132 Å². The highest BCUT2D eigenvalue weighted by atomic mass is 35.5. The van der Waals surface area contributed by atoms with E-state index in [4.69, 9.17) is 0 Å². The Balaban J connectivity index is 0.00000220. The Morgan fingerprint density at radius 3 is 2.48 bits per heavy atom. The van der Waals surface area contributed by atoms with E-state index in [1.54, 1.807) is 13.8 Å². The van der Waals surface area contributed by atoms with Crippen LogP contribution < -0.4 is 10.0 Å². The third kappa shape index (κ3) is 4.64. The molecule has 1 saturated heterocycles. The maximum absolute atomic E-state index is 13.2. The van der Waals surface area contributed by atoms with Crippen LogP contribution >= 0.6 is 12.4 Å². The first kappa shape index (κ1) is 18.4. The van der Waals surface area contributed by atoms with Gasteiger partial charge in [0.05, 0.1) is 4.90 Å². The first-order valence-corrected chi connectivity index (χ1v) is 8.35. The van der Waals surface area contributed by atoms with Crippen LogP contribution in [0.3, 0.4) is 0 Å². The second-order valence-electron chi connectivity index (χ2n) is 5.43. The van der Waals surface area contributed by atoms with Crippen LogP contribution in [-0.2, 0) is 10.0 Å². The fraction of sp³-hybridized carbons (Fsp3) is 0.571. The molecule has 7 heteroatoms. The molecule has 120 valence electrons. The van der Waals surface area contributed by atoms with E-state index in [1.165, 1.54) is 12.1 Å². The predicted octanol–water partition coefficient (Wildman–Crippen LogP) is 2.14. The Morgan fingerprint density at radius 1 is 1.33 bits per heavy atom. The molecule has 1 fully saturated rings. The molecule has 1 aliphatic rings. The maximum Gasteiger partial charge on any atom is 0.241 e. The summed E-state index contributed by atoms with van der Waals surface area (Å²) in [6.07, 6.45) is 2.10. The average molecular weight is 337 g/mol. The van der Waals surface area contributed by atoms with Crippen molar-refractivity contribution in [3.8, 4) is 0 Å². The van der Waals surface area contributed by atoms with E-state index >= 15 is 0 Å². The second kappa shape index (κ2) is 7.54. The molecule has 0 spiro atoms. The summed E-state index contributed by atoms with van der Waals surface area (Å²) >= 11 is 0. The molecule has 2 rings (SSSR count). The largest absolute Gasteiger partial charge is 0.316 e. The molecule has 0 saturated carbocycles. The average Bonchev–Trinajstić information content (AvgIpc) is 2.36. The van der Waals surface area contributed by atoms with Crippen molar-refractivity contribution in [2.75, 3.05) is 19.6 Å². The summed E-state index contributed by atoms with van der Waals surface area (Å²) in [6.45, 7) is 5.49. The number of sulfonamides is 1. The van der Waals surface area contributed by atoms with Gasteiger partial charge in [-0.15, -0.1) is 12.4 Å². The van der Waals surface area contributed by atoms with Crippen LogP contribution in [0.1, 0.15) is 24.0 Å². The van der Waals surface area contributed by atoms with Crippen LogP contribution in [0, 0.1) is 25.6 Å². The lowest BCUT2D eigenvalue weighted by Gasteiger charge is -2.23. The van der Waals surface area contributed by atoms with Crippen LogP contribution in [0.4, 0.5) is 4.39 Å². The first-order chi connectivity index (χ1) is 9.40. The van der Waals surface area contributed by atoms with Gasteiger partial charge in [-0.25, -0.2) is 17.5 Å². The normalized spacial score (nSPS) is 19.1. The summed E-state index contributed by atoms with van der Waals surface area (Å²) in [5, 5.41) is 3.26. The summed E-state index contributed by atoms with van der Waals surface area (Å²) in [5.41, 5.74) is 0.883. The van der Waals surface area contributed by atoms with E-state index in [1.807, 2.05) is 0 Å². The number of rotatable bonds is 4. The quantitative estimate of drug-likeness (QED) is 0.885. The molecular weight excluding hydrogens is 315 g/mol. The van der Waals surface area contributed by atoms with Crippen molar-refractivity contribution in [3.63, 3.8) is 0 Å². The summed E-state index contributed by atoms with van der Waals surface area (Å²) in [7, 11) is -3.58. The Morgan fingerprint density at radius 2 is 1.95 bits per heavy atom. The standard InChI is InChI=1S/C14H21FN2O2S.ClH/c1-10-6-13(15)7-11(2)14(10)20(18,19)17-9-12-4-3-5-16-8-12;/h6-7,12,16-17H,3-5,8-9H2,1-2H3;1H. The van der Waals surface area contributed by atoms with E-state index < -0.39 is 15.8 Å². The summed E-state index contributed by atoms with van der Waals surface area (Å²) in [4.78, 5) is 0.197. The van der Waals surface area contributed by atoms with Crippen molar-refractivity contribution in [1.29, 1.82) is 0 Å². The van der Waals surface area contributed by atoms with E-state index in [0.29, 0.717) is 23.6 Å². The zero-order valence-corrected chi connectivity index (χ0v) is 13.9. The molecule has 1 aliphatic heterocycles. The van der Waals surface area contributed by atoms with Gasteiger partial charge < -0.3 is 5.32 Å². The molecule has 1 heterocycles. The van der Waals surface area contributed by atoms with Crippen molar-refractivity contribution in [2.24, 2.45) is 5.92 Å². The lowest BCUT2D eigenvalue weighted by atomic mass is 10.0. The van der Waals surface area contributed by atoms with Crippen molar-refractivity contribution in [1.82, 2.24) is 10.0 Å². The van der Waals surface area contributed by atoms with Gasteiger partial charge in [-0.2, -0.15) is 0 Å². The van der Waals surface area contributed by atoms with Gasteiger partial charge in [0.1, 0.15) is 5.82 Å². The highest BCUT2D eigenvalue weighted by Crippen LogP contribution is 2.21. The minimum Gasteiger partial charge on any atom is -0.316 e. The Bertz CT molecular complexity index is 564. The fourth-order valence-electron chi connectivity index (χ4n) is 2.72. The molecule has 2 N–H and O–H groups in total. The van der Waals surface area contributed by atoms with Gasteiger partial charge in [-0.1, -0.05) is 0 Å². The van der Waals surface area contributed by atoms with Crippen LogP contribution in [-0.4, -0.2) is 28.1 Å². The van der Waals surface area contributed by atoms with Gasteiger partial charge in [0.25, 0.3) is 0 Å². The molecule has 1 unspecified atom stereocenters. The third-order valence-corrected chi connectivity index (χ3v) is 5.38. The lowest BCUT2D eigenvalue weighted by Crippen LogP contribution is -2.38. The van der Waals surface area contributed by atoms with E-state index in [-0.39, 0.29) is 17.3 Å². The number of piperidine rings is 1. The Kier molecular flexibility index (Phi) is 6.59. The zero-order chi connectivity index (χ0) is 14.8. The third-order valence-electron chi connectivity index (χ3n) is 3.65. The SMILES string of the molecule is Cc1cc(F)cc(C)c1S(=O)(=O)NCC1CCCNC1.Cl. The van der Waals surface area contributed by atoms with Crippen LogP contribution in [0.25, 0.3) is 0 Å². The van der Waals surface area contributed by atoms with E-state index in [2.05, 4.69) is 10.0 Å². The van der Waals surface area contributed by atoms with Crippen molar-refractivity contribution in [2.45, 2.75) is 31.6 Å². The molecule has 1 aromatic rings. The number of benzene rings is 1. The van der Waals surface area contributed by atoms with E-state index in [9.17, 15) is 12.8 Å². The summed E-state index contributed by atoms with van der Waals surface area (Å²) < 4.78 is 40.7. The Hall–Kier alpha value is -0.690. The van der Waals surface area contributed by atoms with Crippen molar-refractivity contribution in [3.05, 3.63) is 29.1 Å². The maximum atomic E-state index is 13.2. The van der Waals surface area contributed by atoms with Gasteiger partial charge in [0.2, 0.25) is 10.0 Å². The fourth-order valence-corrected chi connectivity index (χ4v) is 4.28. The van der Waals surface area contributed by atoms with Crippen molar-refractivity contribution >= 4 is 22.4 Å². The number of hydrogen-bond donors (Lipinski definition) is 2. The number of aryl methyl sites for hydroxylation is 2. The highest BCUT2D eigenvalue weighted by Gasteiger charge is 2.22. The molecule has 1 aromatic carbocycles. The predicted molar refractivity (Wildman–Crippen MR) is 83.9 cm³/mol. The molecule has 0 radical (unpaired) electrons. The van der Waals surface area contributed by atoms with Gasteiger partial charge in [0.15, 0.2) is 0 Å². The molecule has 0 bridgehead atoms. The number of hydrogen-bond acceptors (Lipinski definition) is 3. The topological polar surface area (TPSA) is 58.2 Å². The van der Waals surface area contributed by atoms with Crippen LogP contribution in [0.5, 0.6) is 0 Å². The zero-order valence-electron chi connectivity index (χ0n) is 12.3. The molecule has 0 amide bonds. The molecule has 0 aromatic heterocycles. The molecular formula is C14H22ClFN2O2S. The molecule has 0 aliphatic carbocycles. The first-order valence-electron chi connectivity index (χ1n) is 6.87. The lowest BCUT2D eigenvalue weighted by molar-refractivity contribution is 0.376. The van der Waals surface area contributed by atoms with Crippen LogP contribution in [0.2, 0.25) is 0 Å². The summed E-state index contributed by atoms with van der Waals surface area (Å²) in [5.74, 6) is -0.0879. The molecule has 21 heavy (non-hydrogen) atoms. The minimum atomic E-state index is -3.58. The van der Waals surface area contributed by atoms with E-state index in [0.717, 1.165) is 25.9 Å². The number of halogens is 2. The smallest absolute Gasteiger partial charge is 0.241 e. The van der Waals surface area contributed by atoms with Gasteiger partial charge >= 0.3 is 0 Å². The number of nitrogens with one attached hydrogen (secondary N) is 2. The van der Waals surface area contributed by atoms with Crippen molar-refractivity contribution < 1.29 is 12.8 Å². The minimum absolute atomic E-state index is 0. The molecule has 1 atom stereocenters. The van der Waals surface area contributed by atoms with Gasteiger partial charge in [0, 0.05) is 6.54 Å². The molecule has 4 nitrogen and oxygen atoms in total. The van der Waals surface area contributed by atoms with Gasteiger partial charge in [-0.05, 0) is 69.0 Å². The highest BCUT2D eigenvalue weighted by molar-refractivity contribution is 7.89.